The molecule has 2 aromatic heterocycles. The van der Waals surface area contributed by atoms with Crippen molar-refractivity contribution in [1.82, 2.24) is 19.6 Å². The zero-order valence-corrected chi connectivity index (χ0v) is 9.99. The Balaban J connectivity index is 2.02. The third-order valence-corrected chi connectivity index (χ3v) is 2.88. The SMILES string of the molecule is Cn1ncc(N)c1-c1ccc(-n2cccn2)cc1. The first-order valence-electron chi connectivity index (χ1n) is 5.63. The highest BCUT2D eigenvalue weighted by Gasteiger charge is 2.08. The van der Waals surface area contributed by atoms with Crippen molar-refractivity contribution in [3.05, 3.63) is 48.9 Å². The van der Waals surface area contributed by atoms with Gasteiger partial charge in [-0.05, 0) is 18.2 Å². The second-order valence-electron chi connectivity index (χ2n) is 4.07. The highest BCUT2D eigenvalue weighted by Crippen LogP contribution is 2.25. The molecule has 0 radical (unpaired) electrons. The standard InChI is InChI=1S/C13H13N5/c1-17-13(12(14)9-16-17)10-3-5-11(6-4-10)18-8-2-7-15-18/h2-9H,14H2,1H3. The van der Waals surface area contributed by atoms with Gasteiger partial charge in [0.1, 0.15) is 0 Å². The summed E-state index contributed by atoms with van der Waals surface area (Å²) in [7, 11) is 1.88. The van der Waals surface area contributed by atoms with Gasteiger partial charge in [0.25, 0.3) is 0 Å². The van der Waals surface area contributed by atoms with Crippen LogP contribution in [0.3, 0.4) is 0 Å². The van der Waals surface area contributed by atoms with Crippen LogP contribution in [-0.4, -0.2) is 19.6 Å². The lowest BCUT2D eigenvalue weighted by Crippen LogP contribution is -1.97. The minimum absolute atomic E-state index is 0.685. The van der Waals surface area contributed by atoms with Gasteiger partial charge < -0.3 is 5.73 Å². The number of aryl methyl sites for hydroxylation is 1. The number of nitrogens with two attached hydrogens (primary N) is 1. The van der Waals surface area contributed by atoms with Gasteiger partial charge in [0.15, 0.2) is 0 Å². The summed E-state index contributed by atoms with van der Waals surface area (Å²) in [5.41, 5.74) is 9.59. The average molecular weight is 239 g/mol. The zero-order valence-electron chi connectivity index (χ0n) is 9.99. The summed E-state index contributed by atoms with van der Waals surface area (Å²) in [4.78, 5) is 0. The number of nitrogen functional groups attached to an aromatic ring is 1. The van der Waals surface area contributed by atoms with Crippen LogP contribution in [0.4, 0.5) is 5.69 Å². The summed E-state index contributed by atoms with van der Waals surface area (Å²) in [6.45, 7) is 0. The number of rotatable bonds is 2. The lowest BCUT2D eigenvalue weighted by atomic mass is 10.1. The molecule has 18 heavy (non-hydrogen) atoms. The van der Waals surface area contributed by atoms with Crippen LogP contribution in [0, 0.1) is 0 Å². The van der Waals surface area contributed by atoms with Gasteiger partial charge in [0.2, 0.25) is 0 Å². The Morgan fingerprint density at radius 3 is 2.44 bits per heavy atom. The molecule has 0 unspecified atom stereocenters. The molecule has 5 heteroatoms. The Hall–Kier alpha value is -2.56. The third kappa shape index (κ3) is 1.66. The third-order valence-electron chi connectivity index (χ3n) is 2.88. The minimum Gasteiger partial charge on any atom is -0.396 e. The molecule has 0 aliphatic heterocycles. The quantitative estimate of drug-likeness (QED) is 0.742. The number of nitrogens with zero attached hydrogens (tertiary/aromatic N) is 4. The van der Waals surface area contributed by atoms with E-state index in [0.29, 0.717) is 5.69 Å². The van der Waals surface area contributed by atoms with E-state index in [1.54, 1.807) is 17.1 Å². The maximum Gasteiger partial charge on any atom is 0.0908 e. The molecule has 2 N–H and O–H groups in total. The Morgan fingerprint density at radius 2 is 1.89 bits per heavy atom. The summed E-state index contributed by atoms with van der Waals surface area (Å²) in [6, 6.07) is 9.95. The lowest BCUT2D eigenvalue weighted by Gasteiger charge is -2.06. The van der Waals surface area contributed by atoms with Crippen molar-refractivity contribution in [3.63, 3.8) is 0 Å². The molecule has 0 aliphatic carbocycles. The van der Waals surface area contributed by atoms with Crippen molar-refractivity contribution in [2.75, 3.05) is 5.73 Å². The van der Waals surface area contributed by atoms with Crippen LogP contribution in [0.2, 0.25) is 0 Å². The van der Waals surface area contributed by atoms with E-state index in [2.05, 4.69) is 10.2 Å². The van der Waals surface area contributed by atoms with Gasteiger partial charge in [-0.1, -0.05) is 12.1 Å². The molecule has 5 nitrogen and oxygen atoms in total. The summed E-state index contributed by atoms with van der Waals surface area (Å²) in [5, 5.41) is 8.33. The van der Waals surface area contributed by atoms with Gasteiger partial charge in [-0.25, -0.2) is 4.68 Å². The fourth-order valence-electron chi connectivity index (χ4n) is 2.00. The highest BCUT2D eigenvalue weighted by atomic mass is 15.3. The van der Waals surface area contributed by atoms with Crippen molar-refractivity contribution in [2.45, 2.75) is 0 Å². The predicted molar refractivity (Wildman–Crippen MR) is 70.2 cm³/mol. The molecule has 1 aromatic carbocycles. The molecule has 0 saturated carbocycles. The van der Waals surface area contributed by atoms with E-state index in [-0.39, 0.29) is 0 Å². The Bertz CT molecular complexity index is 630. The van der Waals surface area contributed by atoms with Crippen molar-refractivity contribution in [1.29, 1.82) is 0 Å². The van der Waals surface area contributed by atoms with E-state index in [1.807, 2.05) is 48.3 Å². The first-order valence-corrected chi connectivity index (χ1v) is 5.63. The number of benzene rings is 1. The monoisotopic (exact) mass is 239 g/mol. The van der Waals surface area contributed by atoms with Crippen LogP contribution in [0.15, 0.2) is 48.9 Å². The fraction of sp³-hybridized carbons (Fsp3) is 0.0769. The summed E-state index contributed by atoms with van der Waals surface area (Å²) in [6.07, 6.45) is 5.33. The summed E-state index contributed by atoms with van der Waals surface area (Å²) >= 11 is 0. The fourth-order valence-corrected chi connectivity index (χ4v) is 2.00. The van der Waals surface area contributed by atoms with E-state index in [4.69, 9.17) is 5.73 Å². The van der Waals surface area contributed by atoms with Crippen LogP contribution < -0.4 is 5.73 Å². The van der Waals surface area contributed by atoms with E-state index in [0.717, 1.165) is 16.9 Å². The van der Waals surface area contributed by atoms with Crippen LogP contribution in [0.1, 0.15) is 0 Å². The van der Waals surface area contributed by atoms with Gasteiger partial charge in [0.05, 0.1) is 23.3 Å². The van der Waals surface area contributed by atoms with Gasteiger partial charge in [-0.3, -0.25) is 4.68 Å². The molecule has 0 fully saturated rings. The Morgan fingerprint density at radius 1 is 1.11 bits per heavy atom. The van der Waals surface area contributed by atoms with Gasteiger partial charge in [-0.15, -0.1) is 0 Å². The normalized spacial score (nSPS) is 10.7. The van der Waals surface area contributed by atoms with Gasteiger partial charge >= 0.3 is 0 Å². The lowest BCUT2D eigenvalue weighted by molar-refractivity contribution is 0.776. The van der Waals surface area contributed by atoms with Crippen LogP contribution >= 0.6 is 0 Å². The smallest absolute Gasteiger partial charge is 0.0908 e. The first kappa shape index (κ1) is 10.6. The molecule has 90 valence electrons. The Kier molecular flexibility index (Phi) is 2.37. The molecule has 0 amide bonds. The van der Waals surface area contributed by atoms with Gasteiger partial charge in [-0.2, -0.15) is 10.2 Å². The molecule has 2 heterocycles. The van der Waals surface area contributed by atoms with Crippen molar-refractivity contribution >= 4 is 5.69 Å². The zero-order chi connectivity index (χ0) is 12.5. The highest BCUT2D eigenvalue weighted by molar-refractivity contribution is 5.73. The van der Waals surface area contributed by atoms with E-state index in [9.17, 15) is 0 Å². The van der Waals surface area contributed by atoms with Gasteiger partial charge in [0, 0.05) is 25.0 Å². The minimum atomic E-state index is 0.685. The first-order chi connectivity index (χ1) is 8.75. The second-order valence-corrected chi connectivity index (χ2v) is 4.07. The molecule has 0 saturated heterocycles. The number of aromatic nitrogens is 4. The topological polar surface area (TPSA) is 61.7 Å². The maximum absolute atomic E-state index is 5.91. The molecule has 0 aliphatic rings. The Labute approximate surface area is 104 Å². The summed E-state index contributed by atoms with van der Waals surface area (Å²) < 4.78 is 3.59. The average Bonchev–Trinajstić information content (AvgIpc) is 3.01. The molecule has 0 atom stereocenters. The molecule has 3 rings (SSSR count). The van der Waals surface area contributed by atoms with E-state index in [1.165, 1.54) is 0 Å². The van der Waals surface area contributed by atoms with Crippen molar-refractivity contribution < 1.29 is 0 Å². The molecule has 3 aromatic rings. The molecule has 0 spiro atoms. The van der Waals surface area contributed by atoms with Crippen LogP contribution in [0.5, 0.6) is 0 Å². The summed E-state index contributed by atoms with van der Waals surface area (Å²) in [5.74, 6) is 0. The second kappa shape index (κ2) is 4.03. The van der Waals surface area contributed by atoms with E-state index < -0.39 is 0 Å². The number of anilines is 1. The predicted octanol–water partition coefficient (Wildman–Crippen LogP) is 1.85. The van der Waals surface area contributed by atoms with Crippen LogP contribution in [0.25, 0.3) is 16.9 Å². The molecule has 0 bridgehead atoms. The molecular weight excluding hydrogens is 226 g/mol. The number of hydrogen-bond acceptors (Lipinski definition) is 3. The number of hydrogen-bond donors (Lipinski definition) is 1. The van der Waals surface area contributed by atoms with Crippen molar-refractivity contribution in [3.8, 4) is 16.9 Å². The molecular formula is C13H13N5. The maximum atomic E-state index is 5.91. The van der Waals surface area contributed by atoms with E-state index >= 15 is 0 Å². The largest absolute Gasteiger partial charge is 0.396 e. The van der Waals surface area contributed by atoms with Crippen molar-refractivity contribution in [2.24, 2.45) is 7.05 Å². The van der Waals surface area contributed by atoms with Crippen LogP contribution in [-0.2, 0) is 7.05 Å².